The zero-order chi connectivity index (χ0) is 36.5. The van der Waals surface area contributed by atoms with Crippen molar-refractivity contribution in [1.29, 1.82) is 0 Å². The molecule has 0 unspecified atom stereocenters. The summed E-state index contributed by atoms with van der Waals surface area (Å²) < 4.78 is 91.1. The van der Waals surface area contributed by atoms with Crippen molar-refractivity contribution in [3.63, 3.8) is 0 Å². The van der Waals surface area contributed by atoms with E-state index in [9.17, 15) is 27.6 Å². The fourth-order valence-corrected chi connectivity index (χ4v) is 5.97. The molecule has 4 bridgehead atoms. The van der Waals surface area contributed by atoms with Crippen LogP contribution in [-0.4, -0.2) is 36.8 Å². The fourth-order valence-electron chi connectivity index (χ4n) is 5.97. The number of nitrogens with one attached hydrogen (secondary N) is 1. The molecule has 0 fully saturated rings. The Kier molecular flexibility index (Phi) is 10.3. The summed E-state index contributed by atoms with van der Waals surface area (Å²) in [6.07, 6.45) is -4.44. The van der Waals surface area contributed by atoms with Crippen LogP contribution in [0.4, 0.5) is 22.0 Å². The zero-order valence-electron chi connectivity index (χ0n) is 27.5. The third-order valence-corrected chi connectivity index (χ3v) is 8.35. The Morgan fingerprint density at radius 3 is 2.44 bits per heavy atom. The van der Waals surface area contributed by atoms with Crippen LogP contribution in [0.3, 0.4) is 0 Å². The van der Waals surface area contributed by atoms with Crippen LogP contribution in [0.1, 0.15) is 52.4 Å². The van der Waals surface area contributed by atoms with Gasteiger partial charge in [-0.15, -0.1) is 0 Å². The number of fused-ring (bicyclic) bond motifs is 6. The smallest absolute Gasteiger partial charge is 0.416 e. The molecule has 1 amide bonds. The Labute approximate surface area is 284 Å². The van der Waals surface area contributed by atoms with Crippen molar-refractivity contribution in [1.82, 2.24) is 9.88 Å². The number of amides is 1. The van der Waals surface area contributed by atoms with E-state index in [2.05, 4.69) is 11.9 Å². The molecule has 5 rings (SSSR count). The largest absolute Gasteiger partial charge is 0.463 e. The number of rotatable bonds is 7. The predicted molar refractivity (Wildman–Crippen MR) is 174 cm³/mol. The summed E-state index contributed by atoms with van der Waals surface area (Å²) in [5.41, 5.74) is -2.23. The van der Waals surface area contributed by atoms with Crippen molar-refractivity contribution >= 4 is 11.9 Å². The van der Waals surface area contributed by atoms with Gasteiger partial charge in [-0.3, -0.25) is 14.2 Å². The quantitative estimate of drug-likeness (QED) is 0.124. The molecule has 2 heterocycles. The number of benzene rings is 3. The number of esters is 1. The number of carbonyl (C=O) groups is 2. The lowest BCUT2D eigenvalue weighted by atomic mass is 9.90. The molecule has 50 heavy (non-hydrogen) atoms. The van der Waals surface area contributed by atoms with Crippen LogP contribution < -0.4 is 15.6 Å². The van der Waals surface area contributed by atoms with Crippen LogP contribution >= 0.6 is 0 Å². The van der Waals surface area contributed by atoms with E-state index in [1.807, 2.05) is 0 Å². The van der Waals surface area contributed by atoms with Gasteiger partial charge in [0.15, 0.2) is 0 Å². The summed E-state index contributed by atoms with van der Waals surface area (Å²) in [6.45, 7) is 8.33. The highest BCUT2D eigenvalue weighted by molar-refractivity contribution is 5.92. The first-order chi connectivity index (χ1) is 23.7. The summed E-state index contributed by atoms with van der Waals surface area (Å²) in [4.78, 5) is 41.0. The molecule has 0 spiro atoms. The number of pyridine rings is 1. The van der Waals surface area contributed by atoms with Gasteiger partial charge in [0.05, 0.1) is 30.4 Å². The summed E-state index contributed by atoms with van der Waals surface area (Å²) in [5, 5.41) is 2.54. The average molecular weight is 697 g/mol. The van der Waals surface area contributed by atoms with Crippen molar-refractivity contribution in [3.8, 4) is 22.6 Å². The van der Waals surface area contributed by atoms with E-state index in [-0.39, 0.29) is 42.3 Å². The minimum Gasteiger partial charge on any atom is -0.463 e. The molecule has 4 aromatic rings. The van der Waals surface area contributed by atoms with Crippen molar-refractivity contribution in [3.05, 3.63) is 128 Å². The molecule has 3 aromatic carbocycles. The molecule has 2 atom stereocenters. The third kappa shape index (κ3) is 7.04. The van der Waals surface area contributed by atoms with Crippen LogP contribution in [0.5, 0.6) is 11.5 Å². The maximum atomic E-state index is 16.1. The number of halogens is 5. The molecule has 1 aromatic heterocycles. The summed E-state index contributed by atoms with van der Waals surface area (Å²) in [6, 6.07) is 8.20. The molecule has 1 N–H and O–H groups in total. The second-order valence-corrected chi connectivity index (χ2v) is 11.7. The lowest BCUT2D eigenvalue weighted by Gasteiger charge is -2.27. The number of aryl methyl sites for hydroxylation is 2. The minimum absolute atomic E-state index is 0.0244. The Hall–Kier alpha value is -5.30. The van der Waals surface area contributed by atoms with Gasteiger partial charge in [-0.2, -0.15) is 13.2 Å². The first kappa shape index (κ1) is 36.0. The molecule has 0 aliphatic carbocycles. The number of aromatic nitrogens is 1. The molecule has 1 aliphatic heterocycles. The Balaban J connectivity index is 1.85. The number of alkyl halides is 3. The number of carbonyl (C=O) groups excluding carboxylic acids is 2. The van der Waals surface area contributed by atoms with Crippen molar-refractivity contribution in [2.24, 2.45) is 0 Å². The maximum absolute atomic E-state index is 16.1. The second-order valence-electron chi connectivity index (χ2n) is 11.7. The van der Waals surface area contributed by atoms with E-state index in [0.29, 0.717) is 27.3 Å². The van der Waals surface area contributed by atoms with E-state index in [1.54, 1.807) is 31.2 Å². The highest BCUT2D eigenvalue weighted by Gasteiger charge is 2.38. The first-order valence-electron chi connectivity index (χ1n) is 15.5. The number of nitrogens with zero attached hydrogens (tertiary/aromatic N) is 1. The van der Waals surface area contributed by atoms with Gasteiger partial charge in [0, 0.05) is 36.1 Å². The normalized spacial score (nSPS) is 15.8. The topological polar surface area (TPSA) is 95.9 Å². The average Bonchev–Trinajstić information content (AvgIpc) is 3.06. The molecule has 8 nitrogen and oxygen atoms in total. The Morgan fingerprint density at radius 1 is 1.02 bits per heavy atom. The summed E-state index contributed by atoms with van der Waals surface area (Å²) in [5.74, 6) is -3.69. The Morgan fingerprint density at radius 2 is 1.76 bits per heavy atom. The van der Waals surface area contributed by atoms with E-state index in [0.717, 1.165) is 18.3 Å². The molecule has 13 heteroatoms. The van der Waals surface area contributed by atoms with Crippen LogP contribution in [0.25, 0.3) is 11.1 Å². The van der Waals surface area contributed by atoms with Gasteiger partial charge in [-0.25, -0.2) is 13.6 Å². The molecule has 0 saturated carbocycles. The SMILES string of the molecule is C=C(C(=O)OCC)[C@@H]1NC(=O)[C@H](n2cc(CCOC)c(C(F)(F)F)cc2=O)c2cc(ccc2F)Oc2cccc(C)c2-c2cc(C)c(F)c1c2. The lowest BCUT2D eigenvalue weighted by molar-refractivity contribution is -0.139. The van der Waals surface area contributed by atoms with Crippen molar-refractivity contribution in [2.45, 2.75) is 45.5 Å². The zero-order valence-corrected chi connectivity index (χ0v) is 27.5. The summed E-state index contributed by atoms with van der Waals surface area (Å²) in [7, 11) is 1.28. The van der Waals surface area contributed by atoms with Crippen LogP contribution in [0.15, 0.2) is 77.7 Å². The van der Waals surface area contributed by atoms with Gasteiger partial charge in [0.1, 0.15) is 29.2 Å². The lowest BCUT2D eigenvalue weighted by Crippen LogP contribution is -2.41. The van der Waals surface area contributed by atoms with Gasteiger partial charge < -0.3 is 19.5 Å². The molecule has 0 radical (unpaired) electrons. The molecular weight excluding hydrogens is 663 g/mol. The first-order valence-corrected chi connectivity index (χ1v) is 15.5. The van der Waals surface area contributed by atoms with Crippen molar-refractivity contribution in [2.75, 3.05) is 20.3 Å². The van der Waals surface area contributed by atoms with E-state index in [1.165, 1.54) is 33.1 Å². The van der Waals surface area contributed by atoms with Gasteiger partial charge in [0.25, 0.3) is 5.56 Å². The number of hydrogen-bond acceptors (Lipinski definition) is 6. The minimum atomic E-state index is -4.94. The molecular formula is C37H33F5N2O6. The van der Waals surface area contributed by atoms with Gasteiger partial charge in [0.2, 0.25) is 5.91 Å². The molecule has 1 aliphatic rings. The maximum Gasteiger partial charge on any atom is 0.416 e. The second kappa shape index (κ2) is 14.3. The third-order valence-electron chi connectivity index (χ3n) is 8.35. The standard InChI is InChI=1S/C37H33F5N2O6/c1-6-49-36(47)21(4)33-26-15-23(14-20(3)32(26)39)31-19(2)8-7-9-29(31)50-24-10-11-28(38)25(16-24)34(35(46)43-33)44-18-22(12-13-48-5)27(17-30(44)45)37(40,41)42/h7-11,14-18,33-34H,4,6,12-13H2,1-3,5H3,(H,43,46)/t33-,34+/m0/s1. The fraction of sp³-hybridized carbons (Fsp3) is 0.270. The van der Waals surface area contributed by atoms with Crippen molar-refractivity contribution < 1.29 is 45.8 Å². The number of ether oxygens (including phenoxy) is 3. The number of methoxy groups -OCH3 is 1. The van der Waals surface area contributed by atoms with Gasteiger partial charge in [-0.05, 0) is 85.8 Å². The predicted octanol–water partition coefficient (Wildman–Crippen LogP) is 7.29. The highest BCUT2D eigenvalue weighted by atomic mass is 19.4. The van der Waals surface area contributed by atoms with E-state index < -0.39 is 69.6 Å². The summed E-state index contributed by atoms with van der Waals surface area (Å²) >= 11 is 0. The number of hydrogen-bond donors (Lipinski definition) is 1. The molecule has 262 valence electrons. The molecule has 0 saturated heterocycles. The van der Waals surface area contributed by atoms with E-state index in [4.69, 9.17) is 14.2 Å². The van der Waals surface area contributed by atoms with Gasteiger partial charge in [-0.1, -0.05) is 18.7 Å². The van der Waals surface area contributed by atoms with Crippen LogP contribution in [0.2, 0.25) is 0 Å². The van der Waals surface area contributed by atoms with E-state index >= 15 is 8.78 Å². The highest BCUT2D eigenvalue weighted by Crippen LogP contribution is 2.41. The van der Waals surface area contributed by atoms with Crippen LogP contribution in [0, 0.1) is 25.5 Å². The van der Waals surface area contributed by atoms with Gasteiger partial charge >= 0.3 is 12.1 Å². The monoisotopic (exact) mass is 696 g/mol. The Bertz CT molecular complexity index is 2060. The van der Waals surface area contributed by atoms with Crippen LogP contribution in [-0.2, 0) is 31.7 Å².